The summed E-state index contributed by atoms with van der Waals surface area (Å²) in [6, 6.07) is 7.21. The van der Waals surface area contributed by atoms with Crippen LogP contribution in [0, 0.1) is 0 Å². The van der Waals surface area contributed by atoms with Crippen LogP contribution >= 0.6 is 0 Å². The van der Waals surface area contributed by atoms with Gasteiger partial charge in [0.25, 0.3) is 5.91 Å². The van der Waals surface area contributed by atoms with Crippen LogP contribution in [0.2, 0.25) is 0 Å². The molecule has 0 fully saturated rings. The van der Waals surface area contributed by atoms with Gasteiger partial charge in [-0.1, -0.05) is 19.1 Å². The normalized spacial score (nSPS) is 9.89. The maximum Gasteiger partial charge on any atom is 0.257 e. The van der Waals surface area contributed by atoms with Crippen molar-refractivity contribution in [1.29, 1.82) is 0 Å². The van der Waals surface area contributed by atoms with Gasteiger partial charge >= 0.3 is 0 Å². The minimum absolute atomic E-state index is 0.0199. The summed E-state index contributed by atoms with van der Waals surface area (Å²) in [7, 11) is 0. The van der Waals surface area contributed by atoms with Gasteiger partial charge in [0, 0.05) is 13.0 Å². The van der Waals surface area contributed by atoms with Crippen LogP contribution in [-0.2, 0) is 16.0 Å². The van der Waals surface area contributed by atoms with E-state index >= 15 is 0 Å². The zero-order valence-corrected chi connectivity index (χ0v) is 10.9. The SMILES string of the molecule is CCCNC(=O)COc1ccc(CC(C)=O)cc1. The van der Waals surface area contributed by atoms with Crippen molar-refractivity contribution in [1.82, 2.24) is 5.32 Å². The number of amides is 1. The van der Waals surface area contributed by atoms with Crippen molar-refractivity contribution in [2.24, 2.45) is 0 Å². The second-order valence-electron chi connectivity index (χ2n) is 4.16. The Morgan fingerprint density at radius 3 is 2.44 bits per heavy atom. The second-order valence-corrected chi connectivity index (χ2v) is 4.16. The zero-order valence-electron chi connectivity index (χ0n) is 10.9. The minimum Gasteiger partial charge on any atom is -0.484 e. The first-order valence-corrected chi connectivity index (χ1v) is 6.09. The lowest BCUT2D eigenvalue weighted by Gasteiger charge is -2.07. The topological polar surface area (TPSA) is 55.4 Å². The molecule has 0 atom stereocenters. The molecule has 1 N–H and O–H groups in total. The Bertz CT molecular complexity index is 398. The van der Waals surface area contributed by atoms with E-state index in [1.54, 1.807) is 19.1 Å². The fraction of sp³-hybridized carbons (Fsp3) is 0.429. The van der Waals surface area contributed by atoms with Crippen molar-refractivity contribution in [3.05, 3.63) is 29.8 Å². The number of Topliss-reactive ketones (excluding diaryl/α,β-unsaturated/α-hetero) is 1. The molecule has 98 valence electrons. The predicted molar refractivity (Wildman–Crippen MR) is 69.6 cm³/mol. The van der Waals surface area contributed by atoms with Gasteiger partial charge in [-0.15, -0.1) is 0 Å². The fourth-order valence-corrected chi connectivity index (χ4v) is 1.46. The van der Waals surface area contributed by atoms with E-state index in [0.717, 1.165) is 12.0 Å². The third-order valence-electron chi connectivity index (χ3n) is 2.32. The molecule has 0 heterocycles. The number of rotatable bonds is 7. The van der Waals surface area contributed by atoms with Crippen LogP contribution in [0.3, 0.4) is 0 Å². The molecule has 1 amide bonds. The number of benzene rings is 1. The van der Waals surface area contributed by atoms with Crippen molar-refractivity contribution < 1.29 is 14.3 Å². The van der Waals surface area contributed by atoms with Crippen molar-refractivity contribution in [3.63, 3.8) is 0 Å². The average Bonchev–Trinajstić information content (AvgIpc) is 2.35. The summed E-state index contributed by atoms with van der Waals surface area (Å²) in [5, 5.41) is 2.73. The summed E-state index contributed by atoms with van der Waals surface area (Å²) in [6.45, 7) is 4.24. The quantitative estimate of drug-likeness (QED) is 0.800. The third kappa shape index (κ3) is 5.48. The van der Waals surface area contributed by atoms with Gasteiger partial charge in [0.2, 0.25) is 0 Å². The zero-order chi connectivity index (χ0) is 13.4. The Balaban J connectivity index is 2.39. The maximum absolute atomic E-state index is 11.3. The van der Waals surface area contributed by atoms with Crippen LogP contribution in [0.5, 0.6) is 5.75 Å². The Morgan fingerprint density at radius 1 is 1.22 bits per heavy atom. The first-order chi connectivity index (χ1) is 8.61. The van der Waals surface area contributed by atoms with Crippen LogP contribution in [-0.4, -0.2) is 24.8 Å². The fourth-order valence-electron chi connectivity index (χ4n) is 1.46. The first kappa shape index (κ1) is 14.2. The Hall–Kier alpha value is -1.84. The summed E-state index contributed by atoms with van der Waals surface area (Å²) in [6.07, 6.45) is 1.34. The Morgan fingerprint density at radius 2 is 1.89 bits per heavy atom. The van der Waals surface area contributed by atoms with Gasteiger partial charge in [0.05, 0.1) is 0 Å². The van der Waals surface area contributed by atoms with Crippen LogP contribution in [0.15, 0.2) is 24.3 Å². The van der Waals surface area contributed by atoms with Crippen molar-refractivity contribution in [2.45, 2.75) is 26.7 Å². The van der Waals surface area contributed by atoms with Crippen LogP contribution in [0.25, 0.3) is 0 Å². The van der Waals surface area contributed by atoms with Crippen molar-refractivity contribution in [3.8, 4) is 5.75 Å². The second kappa shape index (κ2) is 7.48. The number of carbonyl (C=O) groups is 2. The van der Waals surface area contributed by atoms with Crippen molar-refractivity contribution in [2.75, 3.05) is 13.2 Å². The van der Waals surface area contributed by atoms with Gasteiger partial charge in [-0.25, -0.2) is 0 Å². The van der Waals surface area contributed by atoms with E-state index in [2.05, 4.69) is 5.32 Å². The van der Waals surface area contributed by atoms with E-state index in [9.17, 15) is 9.59 Å². The Labute approximate surface area is 107 Å². The minimum atomic E-state index is -0.121. The lowest BCUT2D eigenvalue weighted by atomic mass is 10.1. The highest BCUT2D eigenvalue weighted by molar-refractivity contribution is 5.78. The molecule has 0 unspecified atom stereocenters. The van der Waals surface area contributed by atoms with Crippen molar-refractivity contribution >= 4 is 11.7 Å². The van der Waals surface area contributed by atoms with Gasteiger partial charge in [-0.3, -0.25) is 9.59 Å². The molecule has 18 heavy (non-hydrogen) atoms. The summed E-state index contributed by atoms with van der Waals surface area (Å²) in [4.78, 5) is 22.2. The molecular weight excluding hydrogens is 230 g/mol. The van der Waals surface area contributed by atoms with Gasteiger partial charge in [-0.05, 0) is 31.0 Å². The monoisotopic (exact) mass is 249 g/mol. The van der Waals surface area contributed by atoms with E-state index in [1.165, 1.54) is 0 Å². The molecule has 0 aliphatic rings. The average molecular weight is 249 g/mol. The number of hydrogen-bond donors (Lipinski definition) is 1. The summed E-state index contributed by atoms with van der Waals surface area (Å²) >= 11 is 0. The van der Waals surface area contributed by atoms with Crippen LogP contribution < -0.4 is 10.1 Å². The number of carbonyl (C=O) groups excluding carboxylic acids is 2. The highest BCUT2D eigenvalue weighted by atomic mass is 16.5. The largest absolute Gasteiger partial charge is 0.484 e. The molecule has 0 aliphatic heterocycles. The molecule has 1 rings (SSSR count). The van der Waals surface area contributed by atoms with E-state index in [4.69, 9.17) is 4.74 Å². The highest BCUT2D eigenvalue weighted by Gasteiger charge is 2.02. The van der Waals surface area contributed by atoms with Crippen LogP contribution in [0.4, 0.5) is 0 Å². The summed E-state index contributed by atoms with van der Waals surface area (Å²) in [5.74, 6) is 0.640. The molecule has 0 spiro atoms. The molecule has 1 aromatic rings. The highest BCUT2D eigenvalue weighted by Crippen LogP contribution is 2.12. The van der Waals surface area contributed by atoms with E-state index in [-0.39, 0.29) is 18.3 Å². The van der Waals surface area contributed by atoms with E-state index in [1.807, 2.05) is 19.1 Å². The third-order valence-corrected chi connectivity index (χ3v) is 2.32. The lowest BCUT2D eigenvalue weighted by molar-refractivity contribution is -0.123. The smallest absolute Gasteiger partial charge is 0.257 e. The number of nitrogens with one attached hydrogen (secondary N) is 1. The van der Waals surface area contributed by atoms with Gasteiger partial charge in [0.15, 0.2) is 6.61 Å². The molecule has 0 bridgehead atoms. The van der Waals surface area contributed by atoms with Crippen LogP contribution in [0.1, 0.15) is 25.8 Å². The van der Waals surface area contributed by atoms with Gasteiger partial charge < -0.3 is 10.1 Å². The maximum atomic E-state index is 11.3. The molecule has 4 nitrogen and oxygen atoms in total. The first-order valence-electron chi connectivity index (χ1n) is 6.09. The molecule has 0 saturated carbocycles. The summed E-state index contributed by atoms with van der Waals surface area (Å²) in [5.41, 5.74) is 0.949. The number of ketones is 1. The van der Waals surface area contributed by atoms with E-state index < -0.39 is 0 Å². The number of ether oxygens (including phenoxy) is 1. The summed E-state index contributed by atoms with van der Waals surface area (Å²) < 4.78 is 5.33. The van der Waals surface area contributed by atoms with Gasteiger partial charge in [0.1, 0.15) is 11.5 Å². The van der Waals surface area contributed by atoms with E-state index in [0.29, 0.717) is 18.7 Å². The molecule has 0 radical (unpaired) electrons. The lowest BCUT2D eigenvalue weighted by Crippen LogP contribution is -2.29. The molecule has 1 aromatic carbocycles. The molecule has 0 aromatic heterocycles. The molecule has 0 aliphatic carbocycles. The molecule has 4 heteroatoms. The predicted octanol–water partition coefficient (Wildman–Crippen LogP) is 1.72. The van der Waals surface area contributed by atoms with Gasteiger partial charge in [-0.2, -0.15) is 0 Å². The standard InChI is InChI=1S/C14H19NO3/c1-3-8-15-14(17)10-18-13-6-4-12(5-7-13)9-11(2)16/h4-7H,3,8-10H2,1-2H3,(H,15,17). The Kier molecular flexibility index (Phi) is 5.91. The molecular formula is C14H19NO3. The molecule has 0 saturated heterocycles. The number of hydrogen-bond acceptors (Lipinski definition) is 3.